The van der Waals surface area contributed by atoms with Gasteiger partial charge in [0, 0.05) is 12.3 Å². The van der Waals surface area contributed by atoms with Crippen LogP contribution in [0.25, 0.3) is 0 Å². The maximum absolute atomic E-state index is 10.8. The van der Waals surface area contributed by atoms with Gasteiger partial charge in [-0.25, -0.2) is 0 Å². The van der Waals surface area contributed by atoms with E-state index in [1.165, 1.54) is 0 Å². The van der Waals surface area contributed by atoms with Crippen molar-refractivity contribution >= 4 is 5.97 Å². The summed E-state index contributed by atoms with van der Waals surface area (Å²) in [4.78, 5) is 10.8. The normalized spacial score (nSPS) is 17.5. The summed E-state index contributed by atoms with van der Waals surface area (Å²) in [7, 11) is 0. The summed E-state index contributed by atoms with van der Waals surface area (Å²) < 4.78 is 9.76. The van der Waals surface area contributed by atoms with E-state index >= 15 is 0 Å². The summed E-state index contributed by atoms with van der Waals surface area (Å²) in [6, 6.07) is 0. The Balaban J connectivity index is 1.96. The van der Waals surface area contributed by atoms with Crippen LogP contribution in [0.15, 0.2) is 0 Å². The second-order valence-corrected chi connectivity index (χ2v) is 2.75. The Bertz CT molecular complexity index is 129. The number of rotatable bonds is 4. The number of carbonyl (C=O) groups excluding carboxylic acids is 1. The van der Waals surface area contributed by atoms with Crippen LogP contribution >= 0.6 is 0 Å². The Kier molecular flexibility index (Phi) is 3.36. The molecule has 0 saturated carbocycles. The average Bonchev–Trinajstić information content (AvgIpc) is 1.85. The first-order valence-electron chi connectivity index (χ1n) is 4.06. The predicted octanol–water partition coefficient (Wildman–Crippen LogP) is 0.976. The highest BCUT2D eigenvalue weighted by molar-refractivity contribution is 5.69. The number of carbonyl (C=O) groups is 1. The van der Waals surface area contributed by atoms with Crippen LogP contribution in [-0.4, -0.2) is 25.8 Å². The molecular formula is C8H14O3. The van der Waals surface area contributed by atoms with Crippen LogP contribution in [0.5, 0.6) is 0 Å². The summed E-state index contributed by atoms with van der Waals surface area (Å²) in [6.45, 7) is 3.95. The molecule has 3 heteroatoms. The van der Waals surface area contributed by atoms with Gasteiger partial charge in [-0.3, -0.25) is 4.79 Å². The van der Waals surface area contributed by atoms with Crippen LogP contribution in [0, 0.1) is 5.92 Å². The summed E-state index contributed by atoms with van der Waals surface area (Å²) in [6.07, 6.45) is 1.46. The first kappa shape index (κ1) is 8.53. The smallest absolute Gasteiger partial charge is 0.305 e. The van der Waals surface area contributed by atoms with Gasteiger partial charge in [-0.2, -0.15) is 0 Å². The van der Waals surface area contributed by atoms with Crippen LogP contribution in [0.3, 0.4) is 0 Å². The Morgan fingerprint density at radius 3 is 2.82 bits per heavy atom. The molecule has 0 spiro atoms. The fraction of sp³-hybridized carbons (Fsp3) is 0.875. The third-order valence-corrected chi connectivity index (χ3v) is 1.77. The van der Waals surface area contributed by atoms with Gasteiger partial charge in [0.1, 0.15) is 0 Å². The molecule has 0 atom stereocenters. The minimum atomic E-state index is -0.0839. The van der Waals surface area contributed by atoms with Crippen LogP contribution in [-0.2, 0) is 14.3 Å². The molecule has 0 N–H and O–H groups in total. The molecule has 3 nitrogen and oxygen atoms in total. The maximum atomic E-state index is 10.8. The molecule has 0 aromatic heterocycles. The number of hydrogen-bond acceptors (Lipinski definition) is 3. The van der Waals surface area contributed by atoms with E-state index < -0.39 is 0 Å². The Hall–Kier alpha value is -0.570. The molecule has 1 heterocycles. The minimum Gasteiger partial charge on any atom is -0.466 e. The highest BCUT2D eigenvalue weighted by Gasteiger charge is 2.19. The lowest BCUT2D eigenvalue weighted by Crippen LogP contribution is -2.28. The van der Waals surface area contributed by atoms with Crippen molar-refractivity contribution in [3.05, 3.63) is 0 Å². The van der Waals surface area contributed by atoms with E-state index in [-0.39, 0.29) is 5.97 Å². The van der Waals surface area contributed by atoms with E-state index in [4.69, 9.17) is 9.47 Å². The predicted molar refractivity (Wildman–Crippen MR) is 40.2 cm³/mol. The second kappa shape index (κ2) is 4.34. The molecule has 64 valence electrons. The monoisotopic (exact) mass is 158 g/mol. The minimum absolute atomic E-state index is 0.0839. The van der Waals surface area contributed by atoms with Crippen molar-refractivity contribution in [2.75, 3.05) is 19.8 Å². The molecule has 0 amide bonds. The molecule has 0 aliphatic carbocycles. The van der Waals surface area contributed by atoms with Crippen molar-refractivity contribution in [1.82, 2.24) is 0 Å². The van der Waals surface area contributed by atoms with Crippen molar-refractivity contribution in [1.29, 1.82) is 0 Å². The van der Waals surface area contributed by atoms with Crippen molar-refractivity contribution in [3.63, 3.8) is 0 Å². The van der Waals surface area contributed by atoms with Gasteiger partial charge in [0.05, 0.1) is 19.8 Å². The molecule has 1 fully saturated rings. The van der Waals surface area contributed by atoms with Crippen LogP contribution < -0.4 is 0 Å². The van der Waals surface area contributed by atoms with Gasteiger partial charge >= 0.3 is 5.97 Å². The second-order valence-electron chi connectivity index (χ2n) is 2.75. The molecule has 0 aromatic carbocycles. The molecule has 1 aliphatic rings. The van der Waals surface area contributed by atoms with Gasteiger partial charge in [0.15, 0.2) is 0 Å². The number of hydrogen-bond donors (Lipinski definition) is 0. The van der Waals surface area contributed by atoms with Crippen molar-refractivity contribution in [2.24, 2.45) is 5.92 Å². The molecular weight excluding hydrogens is 144 g/mol. The molecule has 0 radical (unpaired) electrons. The van der Waals surface area contributed by atoms with E-state index in [1.807, 2.05) is 6.92 Å². The zero-order valence-electron chi connectivity index (χ0n) is 6.84. The SMILES string of the molecule is CCOC(=O)CCC1COC1. The van der Waals surface area contributed by atoms with E-state index in [0.717, 1.165) is 19.6 Å². The fourth-order valence-electron chi connectivity index (χ4n) is 1.01. The van der Waals surface area contributed by atoms with Gasteiger partial charge in [-0.15, -0.1) is 0 Å². The standard InChI is InChI=1S/C8H14O3/c1-2-11-8(9)4-3-7-5-10-6-7/h7H,2-6H2,1H3. The molecule has 11 heavy (non-hydrogen) atoms. The average molecular weight is 158 g/mol. The molecule has 1 saturated heterocycles. The van der Waals surface area contributed by atoms with Crippen LogP contribution in [0.1, 0.15) is 19.8 Å². The van der Waals surface area contributed by atoms with Gasteiger partial charge in [-0.05, 0) is 13.3 Å². The van der Waals surface area contributed by atoms with Gasteiger partial charge in [0.2, 0.25) is 0 Å². The summed E-state index contributed by atoms with van der Waals surface area (Å²) in [5, 5.41) is 0. The number of ether oxygens (including phenoxy) is 2. The number of esters is 1. The zero-order valence-corrected chi connectivity index (χ0v) is 6.84. The van der Waals surface area contributed by atoms with Crippen molar-refractivity contribution < 1.29 is 14.3 Å². The third kappa shape index (κ3) is 2.89. The lowest BCUT2D eigenvalue weighted by molar-refractivity contribution is -0.144. The van der Waals surface area contributed by atoms with Crippen LogP contribution in [0.4, 0.5) is 0 Å². The molecule has 0 aromatic rings. The van der Waals surface area contributed by atoms with Crippen molar-refractivity contribution in [3.8, 4) is 0 Å². The molecule has 1 aliphatic heterocycles. The molecule has 0 bridgehead atoms. The largest absolute Gasteiger partial charge is 0.466 e. The van der Waals surface area contributed by atoms with Gasteiger partial charge < -0.3 is 9.47 Å². The summed E-state index contributed by atoms with van der Waals surface area (Å²) >= 11 is 0. The fourth-order valence-corrected chi connectivity index (χ4v) is 1.01. The van der Waals surface area contributed by atoms with E-state index in [1.54, 1.807) is 0 Å². The third-order valence-electron chi connectivity index (χ3n) is 1.77. The van der Waals surface area contributed by atoms with E-state index in [0.29, 0.717) is 18.9 Å². The van der Waals surface area contributed by atoms with Gasteiger partial charge in [0.25, 0.3) is 0 Å². The maximum Gasteiger partial charge on any atom is 0.305 e. The van der Waals surface area contributed by atoms with Crippen LogP contribution in [0.2, 0.25) is 0 Å². The zero-order chi connectivity index (χ0) is 8.10. The Morgan fingerprint density at radius 1 is 1.64 bits per heavy atom. The summed E-state index contributed by atoms with van der Waals surface area (Å²) in [5.41, 5.74) is 0. The lowest BCUT2D eigenvalue weighted by Gasteiger charge is -2.25. The molecule has 0 unspecified atom stereocenters. The first-order chi connectivity index (χ1) is 5.33. The van der Waals surface area contributed by atoms with E-state index in [9.17, 15) is 4.79 Å². The first-order valence-corrected chi connectivity index (χ1v) is 4.06. The topological polar surface area (TPSA) is 35.5 Å². The van der Waals surface area contributed by atoms with Crippen molar-refractivity contribution in [2.45, 2.75) is 19.8 Å². The van der Waals surface area contributed by atoms with E-state index in [2.05, 4.69) is 0 Å². The Morgan fingerprint density at radius 2 is 2.36 bits per heavy atom. The highest BCUT2D eigenvalue weighted by atomic mass is 16.5. The Labute approximate surface area is 66.7 Å². The molecule has 1 rings (SSSR count). The van der Waals surface area contributed by atoms with Gasteiger partial charge in [-0.1, -0.05) is 0 Å². The lowest BCUT2D eigenvalue weighted by atomic mass is 10.0. The highest BCUT2D eigenvalue weighted by Crippen LogP contribution is 2.16. The quantitative estimate of drug-likeness (QED) is 0.572. The summed E-state index contributed by atoms with van der Waals surface area (Å²) in [5.74, 6) is 0.513.